The van der Waals surface area contributed by atoms with Crippen LogP contribution in [0.5, 0.6) is 0 Å². The summed E-state index contributed by atoms with van der Waals surface area (Å²) in [5, 5.41) is 0. The van der Waals surface area contributed by atoms with E-state index in [1.165, 1.54) is 70.6 Å². The van der Waals surface area contributed by atoms with Crippen LogP contribution in [0.4, 0.5) is 0 Å². The fourth-order valence-corrected chi connectivity index (χ4v) is 6.27. The summed E-state index contributed by atoms with van der Waals surface area (Å²) in [6.45, 7) is 5.66. The Bertz CT molecular complexity index is 339. The van der Waals surface area contributed by atoms with Crippen molar-refractivity contribution in [2.75, 3.05) is 6.61 Å². The zero-order chi connectivity index (χ0) is 16.1. The van der Waals surface area contributed by atoms with Crippen molar-refractivity contribution in [1.29, 1.82) is 0 Å². The van der Waals surface area contributed by atoms with Gasteiger partial charge in [-0.25, -0.2) is 0 Å². The zero-order valence-corrected chi connectivity index (χ0v) is 15.8. The summed E-state index contributed by atoms with van der Waals surface area (Å²) in [5.74, 6) is 5.30. The van der Waals surface area contributed by atoms with E-state index in [2.05, 4.69) is 13.8 Å². The first kappa shape index (κ1) is 17.8. The van der Waals surface area contributed by atoms with Gasteiger partial charge in [0.25, 0.3) is 0 Å². The number of unbranched alkanes of at least 4 members (excludes halogenated alkanes) is 2. The van der Waals surface area contributed by atoms with Crippen molar-refractivity contribution in [2.24, 2.45) is 29.6 Å². The van der Waals surface area contributed by atoms with Gasteiger partial charge in [0.1, 0.15) is 0 Å². The van der Waals surface area contributed by atoms with E-state index in [1.54, 1.807) is 12.8 Å². The molecule has 3 rings (SSSR count). The van der Waals surface area contributed by atoms with Gasteiger partial charge in [-0.1, -0.05) is 46.0 Å². The summed E-state index contributed by atoms with van der Waals surface area (Å²) < 4.78 is 6.22. The fraction of sp³-hybridized carbons (Fsp3) is 1.00. The molecule has 0 aromatic rings. The van der Waals surface area contributed by atoms with Crippen LogP contribution in [-0.2, 0) is 4.74 Å². The quantitative estimate of drug-likeness (QED) is 0.480. The minimum Gasteiger partial charge on any atom is -0.378 e. The fourth-order valence-electron chi connectivity index (χ4n) is 6.27. The normalized spacial score (nSPS) is 40.4. The molecule has 0 amide bonds. The van der Waals surface area contributed by atoms with Gasteiger partial charge in [0, 0.05) is 6.61 Å². The van der Waals surface area contributed by atoms with Gasteiger partial charge in [0.2, 0.25) is 0 Å². The predicted molar refractivity (Wildman–Crippen MR) is 98.6 cm³/mol. The Labute approximate surface area is 144 Å². The molecule has 0 aliphatic heterocycles. The molecule has 0 aromatic carbocycles. The second kappa shape index (κ2) is 8.88. The lowest BCUT2D eigenvalue weighted by molar-refractivity contribution is -0.0538. The minimum atomic E-state index is 0.598. The lowest BCUT2D eigenvalue weighted by Crippen LogP contribution is -2.42. The third kappa shape index (κ3) is 4.53. The lowest BCUT2D eigenvalue weighted by Gasteiger charge is -2.50. The van der Waals surface area contributed by atoms with E-state index >= 15 is 0 Å². The molecule has 0 bridgehead atoms. The molecule has 0 N–H and O–H groups in total. The smallest absolute Gasteiger partial charge is 0.0578 e. The van der Waals surface area contributed by atoms with Crippen LogP contribution in [0.2, 0.25) is 0 Å². The predicted octanol–water partition coefficient (Wildman–Crippen LogP) is 6.60. The molecule has 4 unspecified atom stereocenters. The zero-order valence-electron chi connectivity index (χ0n) is 15.8. The van der Waals surface area contributed by atoms with Gasteiger partial charge in [0.15, 0.2) is 0 Å². The first-order chi connectivity index (χ1) is 11.3. The van der Waals surface area contributed by atoms with Crippen molar-refractivity contribution >= 4 is 0 Å². The van der Waals surface area contributed by atoms with Crippen LogP contribution in [0.15, 0.2) is 0 Å². The monoisotopic (exact) mass is 320 g/mol. The van der Waals surface area contributed by atoms with Crippen LogP contribution in [0.25, 0.3) is 0 Å². The van der Waals surface area contributed by atoms with Gasteiger partial charge in [-0.2, -0.15) is 0 Å². The molecule has 3 aliphatic carbocycles. The first-order valence-corrected chi connectivity index (χ1v) is 10.9. The molecule has 6 atom stereocenters. The van der Waals surface area contributed by atoms with E-state index in [0.717, 1.165) is 36.2 Å². The van der Waals surface area contributed by atoms with Crippen LogP contribution in [-0.4, -0.2) is 12.7 Å². The molecule has 23 heavy (non-hydrogen) atoms. The van der Waals surface area contributed by atoms with E-state index < -0.39 is 0 Å². The molecule has 3 aliphatic rings. The summed E-state index contributed by atoms with van der Waals surface area (Å²) >= 11 is 0. The van der Waals surface area contributed by atoms with Gasteiger partial charge in [-0.3, -0.25) is 0 Å². The Morgan fingerprint density at radius 2 is 1.48 bits per heavy atom. The topological polar surface area (TPSA) is 9.23 Å². The molecule has 0 saturated heterocycles. The average Bonchev–Trinajstić information content (AvgIpc) is 2.58. The van der Waals surface area contributed by atoms with Crippen LogP contribution in [0.1, 0.15) is 97.3 Å². The number of rotatable bonds is 7. The van der Waals surface area contributed by atoms with Gasteiger partial charge >= 0.3 is 0 Å². The molecule has 0 aromatic heterocycles. The lowest BCUT2D eigenvalue weighted by atomic mass is 9.56. The van der Waals surface area contributed by atoms with Gasteiger partial charge in [-0.05, 0) is 81.0 Å². The second-order valence-electron chi connectivity index (χ2n) is 8.91. The highest BCUT2D eigenvalue weighted by atomic mass is 16.5. The summed E-state index contributed by atoms with van der Waals surface area (Å²) in [5.41, 5.74) is 0. The van der Waals surface area contributed by atoms with E-state index in [0.29, 0.717) is 6.10 Å². The largest absolute Gasteiger partial charge is 0.378 e. The van der Waals surface area contributed by atoms with Crippen molar-refractivity contribution < 1.29 is 4.74 Å². The Kier molecular flexibility index (Phi) is 6.86. The number of hydrogen-bond acceptors (Lipinski definition) is 1. The summed E-state index contributed by atoms with van der Waals surface area (Å²) in [6.07, 6.45) is 19.3. The molecule has 0 radical (unpaired) electrons. The van der Waals surface area contributed by atoms with E-state index in [9.17, 15) is 0 Å². The van der Waals surface area contributed by atoms with Crippen LogP contribution < -0.4 is 0 Å². The van der Waals surface area contributed by atoms with E-state index in [1.807, 2.05) is 0 Å². The van der Waals surface area contributed by atoms with Crippen molar-refractivity contribution in [2.45, 2.75) is 103 Å². The van der Waals surface area contributed by atoms with Crippen molar-refractivity contribution in [3.8, 4) is 0 Å². The number of fused-ring (bicyclic) bond motifs is 3. The Morgan fingerprint density at radius 1 is 0.739 bits per heavy atom. The molecular formula is C22H40O. The third-order valence-corrected chi connectivity index (χ3v) is 7.40. The maximum atomic E-state index is 6.22. The van der Waals surface area contributed by atoms with Crippen LogP contribution >= 0.6 is 0 Å². The first-order valence-electron chi connectivity index (χ1n) is 10.9. The van der Waals surface area contributed by atoms with Gasteiger partial charge in [0.05, 0.1) is 6.10 Å². The van der Waals surface area contributed by atoms with Gasteiger partial charge < -0.3 is 4.74 Å². The van der Waals surface area contributed by atoms with Crippen LogP contribution in [0, 0.1) is 29.6 Å². The van der Waals surface area contributed by atoms with Crippen molar-refractivity contribution in [3.05, 3.63) is 0 Å². The van der Waals surface area contributed by atoms with Crippen LogP contribution in [0.3, 0.4) is 0 Å². The van der Waals surface area contributed by atoms with E-state index in [-0.39, 0.29) is 0 Å². The Morgan fingerprint density at radius 3 is 2.22 bits per heavy atom. The molecular weight excluding hydrogens is 280 g/mol. The Hall–Kier alpha value is -0.0400. The standard InChI is InChI=1S/C22H40O/c1-3-5-6-14-23-20-11-13-22-19(16-20)10-9-18-15-17(7-4-2)8-12-21(18)22/h17-22H,3-16H2,1-2H3/t17-,18?,19?,20-,21?,22?/m0/s1. The number of ether oxygens (including phenoxy) is 1. The van der Waals surface area contributed by atoms with E-state index in [4.69, 9.17) is 4.74 Å². The molecule has 1 heteroatoms. The molecule has 3 saturated carbocycles. The maximum Gasteiger partial charge on any atom is 0.0578 e. The minimum absolute atomic E-state index is 0.598. The number of hydrogen-bond donors (Lipinski definition) is 0. The second-order valence-corrected chi connectivity index (χ2v) is 8.91. The molecule has 1 nitrogen and oxygen atoms in total. The highest BCUT2D eigenvalue weighted by Gasteiger charge is 2.44. The summed E-state index contributed by atoms with van der Waals surface area (Å²) in [4.78, 5) is 0. The highest BCUT2D eigenvalue weighted by Crippen LogP contribution is 2.53. The van der Waals surface area contributed by atoms with Gasteiger partial charge in [-0.15, -0.1) is 0 Å². The SMILES string of the molecule is CCCCCO[C@H]1CCC2C(CCC3C[C@@H](CCC)CCC32)C1. The molecule has 134 valence electrons. The summed E-state index contributed by atoms with van der Waals surface area (Å²) in [6, 6.07) is 0. The molecule has 3 fully saturated rings. The highest BCUT2D eigenvalue weighted by molar-refractivity contribution is 4.94. The van der Waals surface area contributed by atoms with Crippen molar-refractivity contribution in [3.63, 3.8) is 0 Å². The van der Waals surface area contributed by atoms with Crippen molar-refractivity contribution in [1.82, 2.24) is 0 Å². The third-order valence-electron chi connectivity index (χ3n) is 7.40. The summed E-state index contributed by atoms with van der Waals surface area (Å²) in [7, 11) is 0. The average molecular weight is 321 g/mol. The molecule has 0 spiro atoms. The maximum absolute atomic E-state index is 6.22. The molecule has 0 heterocycles. The Balaban J connectivity index is 1.46.